The molecule has 0 aliphatic heterocycles. The predicted octanol–water partition coefficient (Wildman–Crippen LogP) is 6.62. The van der Waals surface area contributed by atoms with E-state index >= 15 is 0 Å². The van der Waals surface area contributed by atoms with Crippen LogP contribution in [-0.2, 0) is 24.0 Å². The third-order valence-electron chi connectivity index (χ3n) is 4.75. The van der Waals surface area contributed by atoms with Gasteiger partial charge in [-0.1, -0.05) is 48.5 Å². The first-order valence-corrected chi connectivity index (χ1v) is 10.3. The van der Waals surface area contributed by atoms with Crippen molar-refractivity contribution in [3.63, 3.8) is 0 Å². The van der Waals surface area contributed by atoms with E-state index in [0.717, 1.165) is 34.4 Å². The summed E-state index contributed by atoms with van der Waals surface area (Å²) in [5, 5.41) is 3.24. The number of alkyl halides is 3. The summed E-state index contributed by atoms with van der Waals surface area (Å²) in [5.41, 5.74) is 3.19. The Balaban J connectivity index is 1.54. The van der Waals surface area contributed by atoms with Gasteiger partial charge >= 0.3 is 12.1 Å². The largest absolute Gasteiger partial charge is 0.456 e. The lowest BCUT2D eigenvalue weighted by molar-refractivity contribution is -0.137. The average Bonchev–Trinajstić information content (AvgIpc) is 2.73. The maximum Gasteiger partial charge on any atom is 0.416 e. The topological polar surface area (TPSA) is 38.3 Å². The van der Waals surface area contributed by atoms with Crippen molar-refractivity contribution in [1.82, 2.24) is 5.32 Å². The molecule has 0 aromatic heterocycles. The Hall–Kier alpha value is -3.12. The highest BCUT2D eigenvalue weighted by molar-refractivity contribution is 5.90. The second-order valence-electron chi connectivity index (χ2n) is 8.57. The number of hydrogen-bond donors (Lipinski definition) is 1. The van der Waals surface area contributed by atoms with Gasteiger partial charge < -0.3 is 10.1 Å². The van der Waals surface area contributed by atoms with Crippen LogP contribution in [0.3, 0.4) is 0 Å². The molecule has 1 N–H and O–H groups in total. The third kappa shape index (κ3) is 6.69. The van der Waals surface area contributed by atoms with Crippen molar-refractivity contribution >= 4 is 5.97 Å². The minimum Gasteiger partial charge on any atom is -0.456 e. The van der Waals surface area contributed by atoms with Gasteiger partial charge in [0, 0.05) is 13.1 Å². The van der Waals surface area contributed by atoms with E-state index < -0.39 is 17.3 Å². The zero-order valence-corrected chi connectivity index (χ0v) is 18.3. The summed E-state index contributed by atoms with van der Waals surface area (Å²) >= 11 is 0. The Morgan fingerprint density at radius 2 is 1.19 bits per heavy atom. The Labute approximate surface area is 186 Å². The van der Waals surface area contributed by atoms with Crippen molar-refractivity contribution in [2.45, 2.75) is 45.6 Å². The normalized spacial score (nSPS) is 11.9. The molecule has 0 aliphatic rings. The quantitative estimate of drug-likeness (QED) is 0.437. The Kier molecular flexibility index (Phi) is 7.04. The SMILES string of the molecule is CC(C)(C)OC(=O)c1ccc(-c2ccc(CNCc3ccc(C(F)(F)F)cc3)cc2)cc1. The molecular formula is C26H26F3NO2. The lowest BCUT2D eigenvalue weighted by Gasteiger charge is -2.19. The first-order valence-electron chi connectivity index (χ1n) is 10.3. The van der Waals surface area contributed by atoms with Crippen LogP contribution in [-0.4, -0.2) is 11.6 Å². The first kappa shape index (κ1) is 23.5. The second kappa shape index (κ2) is 9.57. The summed E-state index contributed by atoms with van der Waals surface area (Å²) in [5.74, 6) is -0.349. The molecule has 6 heteroatoms. The smallest absolute Gasteiger partial charge is 0.416 e. The number of halogens is 3. The van der Waals surface area contributed by atoms with E-state index in [1.807, 2.05) is 57.2 Å². The molecule has 0 bridgehead atoms. The van der Waals surface area contributed by atoms with E-state index in [2.05, 4.69) is 5.32 Å². The first-order chi connectivity index (χ1) is 15.0. The number of ether oxygens (including phenoxy) is 1. The van der Waals surface area contributed by atoms with Crippen LogP contribution in [0, 0.1) is 0 Å². The highest BCUT2D eigenvalue weighted by Gasteiger charge is 2.29. The average molecular weight is 441 g/mol. The maximum atomic E-state index is 12.6. The fraction of sp³-hybridized carbons (Fsp3) is 0.269. The van der Waals surface area contributed by atoms with Crippen molar-refractivity contribution in [3.05, 3.63) is 95.1 Å². The van der Waals surface area contributed by atoms with Crippen LogP contribution in [0.1, 0.15) is 47.8 Å². The summed E-state index contributed by atoms with van der Waals surface area (Å²) in [6.07, 6.45) is -4.32. The molecule has 168 valence electrons. The maximum absolute atomic E-state index is 12.6. The molecule has 0 amide bonds. The summed E-state index contributed by atoms with van der Waals surface area (Å²) in [7, 11) is 0. The van der Waals surface area contributed by atoms with E-state index in [-0.39, 0.29) is 5.97 Å². The van der Waals surface area contributed by atoms with Crippen LogP contribution in [0.2, 0.25) is 0 Å². The summed E-state index contributed by atoms with van der Waals surface area (Å²) in [6.45, 7) is 6.57. The van der Waals surface area contributed by atoms with Crippen molar-refractivity contribution in [2.75, 3.05) is 0 Å². The van der Waals surface area contributed by atoms with Crippen molar-refractivity contribution in [2.24, 2.45) is 0 Å². The number of benzene rings is 3. The molecule has 0 aliphatic carbocycles. The van der Waals surface area contributed by atoms with Crippen molar-refractivity contribution in [3.8, 4) is 11.1 Å². The number of carbonyl (C=O) groups excluding carboxylic acids is 1. The molecule has 0 fully saturated rings. The number of hydrogen-bond acceptors (Lipinski definition) is 3. The lowest BCUT2D eigenvalue weighted by Crippen LogP contribution is -2.23. The Morgan fingerprint density at radius 3 is 1.62 bits per heavy atom. The van der Waals surface area contributed by atoms with E-state index in [4.69, 9.17) is 4.74 Å². The molecule has 0 spiro atoms. The zero-order chi connectivity index (χ0) is 23.4. The van der Waals surface area contributed by atoms with Crippen LogP contribution in [0.5, 0.6) is 0 Å². The highest BCUT2D eigenvalue weighted by atomic mass is 19.4. The number of carbonyl (C=O) groups is 1. The molecule has 32 heavy (non-hydrogen) atoms. The molecule has 0 heterocycles. The van der Waals surface area contributed by atoms with Gasteiger partial charge in [-0.25, -0.2) is 4.79 Å². The molecular weight excluding hydrogens is 415 g/mol. The van der Waals surface area contributed by atoms with Crippen LogP contribution < -0.4 is 5.32 Å². The van der Waals surface area contributed by atoms with Gasteiger partial charge in [0.2, 0.25) is 0 Å². The third-order valence-corrected chi connectivity index (χ3v) is 4.75. The van der Waals surface area contributed by atoms with Gasteiger partial charge in [-0.15, -0.1) is 0 Å². The van der Waals surface area contributed by atoms with E-state index in [1.54, 1.807) is 12.1 Å². The monoisotopic (exact) mass is 441 g/mol. The molecule has 0 atom stereocenters. The molecule has 3 aromatic carbocycles. The van der Waals surface area contributed by atoms with Gasteiger partial charge in [0.1, 0.15) is 5.60 Å². The van der Waals surface area contributed by atoms with Gasteiger partial charge in [0.05, 0.1) is 11.1 Å². The van der Waals surface area contributed by atoms with Crippen LogP contribution in [0.4, 0.5) is 13.2 Å². The molecule has 0 radical (unpaired) electrons. The zero-order valence-electron chi connectivity index (χ0n) is 18.3. The molecule has 0 unspecified atom stereocenters. The van der Waals surface area contributed by atoms with Gasteiger partial charge in [-0.3, -0.25) is 0 Å². The van der Waals surface area contributed by atoms with Crippen LogP contribution in [0.15, 0.2) is 72.8 Å². The summed E-state index contributed by atoms with van der Waals surface area (Å²) in [4.78, 5) is 12.1. The van der Waals surface area contributed by atoms with E-state index in [1.165, 1.54) is 12.1 Å². The van der Waals surface area contributed by atoms with Crippen molar-refractivity contribution in [1.29, 1.82) is 0 Å². The fourth-order valence-electron chi connectivity index (χ4n) is 3.11. The number of esters is 1. The van der Waals surface area contributed by atoms with Gasteiger partial charge in [0.15, 0.2) is 0 Å². The lowest BCUT2D eigenvalue weighted by atomic mass is 10.0. The summed E-state index contributed by atoms with van der Waals surface area (Å²) in [6, 6.07) is 20.4. The second-order valence-corrected chi connectivity index (χ2v) is 8.57. The van der Waals surface area contributed by atoms with E-state index in [9.17, 15) is 18.0 Å². The minimum atomic E-state index is -4.32. The Morgan fingerprint density at radius 1 is 0.750 bits per heavy atom. The molecule has 0 saturated carbocycles. The van der Waals surface area contributed by atoms with Gasteiger partial charge in [-0.05, 0) is 67.3 Å². The fourth-order valence-corrected chi connectivity index (χ4v) is 3.11. The standard InChI is InChI=1S/C26H26F3NO2/c1-25(2,3)32-24(31)22-12-10-21(11-13-22)20-8-4-18(5-9-20)16-30-17-19-6-14-23(15-7-19)26(27,28)29/h4-15,30H,16-17H2,1-3H3. The van der Waals surface area contributed by atoms with Gasteiger partial charge in [0.25, 0.3) is 0 Å². The van der Waals surface area contributed by atoms with Gasteiger partial charge in [-0.2, -0.15) is 13.2 Å². The molecule has 3 aromatic rings. The molecule has 3 nitrogen and oxygen atoms in total. The highest BCUT2D eigenvalue weighted by Crippen LogP contribution is 2.29. The van der Waals surface area contributed by atoms with Crippen molar-refractivity contribution < 1.29 is 22.7 Å². The Bertz CT molecular complexity index is 1030. The summed E-state index contributed by atoms with van der Waals surface area (Å²) < 4.78 is 43.3. The molecule has 0 saturated heterocycles. The number of rotatable bonds is 6. The molecule has 3 rings (SSSR count). The number of nitrogens with one attached hydrogen (secondary N) is 1. The minimum absolute atomic E-state index is 0.349. The van der Waals surface area contributed by atoms with Crippen LogP contribution >= 0.6 is 0 Å². The van der Waals surface area contributed by atoms with E-state index in [0.29, 0.717) is 18.7 Å². The van der Waals surface area contributed by atoms with Crippen LogP contribution in [0.25, 0.3) is 11.1 Å². The predicted molar refractivity (Wildman–Crippen MR) is 119 cm³/mol.